The van der Waals surface area contributed by atoms with E-state index in [9.17, 15) is 9.59 Å². The van der Waals surface area contributed by atoms with E-state index in [0.717, 1.165) is 5.56 Å². The van der Waals surface area contributed by atoms with Gasteiger partial charge in [0.15, 0.2) is 5.76 Å². The van der Waals surface area contributed by atoms with Crippen molar-refractivity contribution in [3.05, 3.63) is 106 Å². The third-order valence-corrected chi connectivity index (χ3v) is 5.41. The molecule has 5 nitrogen and oxygen atoms in total. The largest absolute Gasteiger partial charge is 0.451 e. The van der Waals surface area contributed by atoms with Crippen LogP contribution in [0.2, 0.25) is 10.0 Å². The van der Waals surface area contributed by atoms with Crippen LogP contribution in [0.5, 0.6) is 0 Å². The van der Waals surface area contributed by atoms with Gasteiger partial charge in [-0.25, -0.2) is 0 Å². The molecule has 4 rings (SSSR count). The van der Waals surface area contributed by atoms with E-state index in [1.165, 1.54) is 0 Å². The van der Waals surface area contributed by atoms with Crippen LogP contribution in [0.15, 0.2) is 89.3 Å². The Morgan fingerprint density at radius 3 is 2.12 bits per heavy atom. The number of anilines is 2. The Morgan fingerprint density at radius 1 is 0.750 bits per heavy atom. The number of nitrogens with one attached hydrogen (secondary N) is 2. The Bertz CT molecular complexity index is 1250. The van der Waals surface area contributed by atoms with Gasteiger partial charge in [0.25, 0.3) is 5.91 Å². The number of carbonyl (C=O) groups is 2. The second-order valence-corrected chi connectivity index (χ2v) is 7.85. The van der Waals surface area contributed by atoms with Gasteiger partial charge in [-0.1, -0.05) is 53.5 Å². The number of rotatable bonds is 6. The van der Waals surface area contributed by atoms with Crippen molar-refractivity contribution in [3.63, 3.8) is 0 Å². The van der Waals surface area contributed by atoms with Gasteiger partial charge in [0, 0.05) is 16.9 Å². The van der Waals surface area contributed by atoms with Crippen LogP contribution in [0.3, 0.4) is 0 Å². The molecule has 0 aliphatic rings. The average Bonchev–Trinajstić information content (AvgIpc) is 3.28. The van der Waals surface area contributed by atoms with Gasteiger partial charge in [-0.3, -0.25) is 9.59 Å². The molecule has 2 N–H and O–H groups in total. The zero-order chi connectivity index (χ0) is 22.5. The summed E-state index contributed by atoms with van der Waals surface area (Å²) in [4.78, 5) is 24.7. The van der Waals surface area contributed by atoms with E-state index in [4.69, 9.17) is 27.6 Å². The van der Waals surface area contributed by atoms with Gasteiger partial charge in [-0.15, -0.1) is 0 Å². The SMILES string of the molecule is O=C(Cc1ccccc1)Nc1ccc(NC(=O)c2ccc(-c3ccc(Cl)c(Cl)c3)o2)cc1. The number of halogens is 2. The summed E-state index contributed by atoms with van der Waals surface area (Å²) < 4.78 is 5.66. The Hall–Kier alpha value is -3.54. The van der Waals surface area contributed by atoms with E-state index in [2.05, 4.69) is 10.6 Å². The Morgan fingerprint density at radius 2 is 1.44 bits per heavy atom. The highest BCUT2D eigenvalue weighted by Crippen LogP contribution is 2.29. The highest BCUT2D eigenvalue weighted by atomic mass is 35.5. The zero-order valence-electron chi connectivity index (χ0n) is 16.8. The van der Waals surface area contributed by atoms with E-state index in [1.54, 1.807) is 54.6 Å². The number of furan rings is 1. The van der Waals surface area contributed by atoms with Gasteiger partial charge in [0.05, 0.1) is 16.5 Å². The Labute approximate surface area is 195 Å². The first-order chi connectivity index (χ1) is 15.5. The summed E-state index contributed by atoms with van der Waals surface area (Å²) in [6, 6.07) is 24.8. The molecule has 4 aromatic rings. The van der Waals surface area contributed by atoms with Crippen molar-refractivity contribution in [1.29, 1.82) is 0 Å². The molecule has 0 unspecified atom stereocenters. The first-order valence-corrected chi connectivity index (χ1v) is 10.5. The molecular formula is C25H18Cl2N2O3. The first kappa shape index (κ1) is 21.7. The van der Waals surface area contributed by atoms with E-state index >= 15 is 0 Å². The molecule has 0 radical (unpaired) electrons. The van der Waals surface area contributed by atoms with Crippen molar-refractivity contribution >= 4 is 46.4 Å². The van der Waals surface area contributed by atoms with Crippen LogP contribution in [-0.2, 0) is 11.2 Å². The maximum atomic E-state index is 12.5. The Balaban J connectivity index is 1.36. The first-order valence-electron chi connectivity index (χ1n) is 9.78. The van der Waals surface area contributed by atoms with Gasteiger partial charge >= 0.3 is 0 Å². The van der Waals surface area contributed by atoms with Gasteiger partial charge in [0.2, 0.25) is 5.91 Å². The molecule has 0 aliphatic heterocycles. The number of hydrogen-bond acceptors (Lipinski definition) is 3. The molecule has 160 valence electrons. The molecule has 0 saturated heterocycles. The Kier molecular flexibility index (Phi) is 6.59. The summed E-state index contributed by atoms with van der Waals surface area (Å²) in [5.74, 6) is 0.159. The predicted octanol–water partition coefficient (Wildman–Crippen LogP) is 6.69. The summed E-state index contributed by atoms with van der Waals surface area (Å²) in [6.45, 7) is 0. The zero-order valence-corrected chi connectivity index (χ0v) is 18.3. The highest BCUT2D eigenvalue weighted by Gasteiger charge is 2.13. The van der Waals surface area contributed by atoms with E-state index in [0.29, 0.717) is 39.2 Å². The quantitative estimate of drug-likeness (QED) is 0.333. The smallest absolute Gasteiger partial charge is 0.291 e. The summed E-state index contributed by atoms with van der Waals surface area (Å²) in [5.41, 5.74) is 2.87. The van der Waals surface area contributed by atoms with Crippen LogP contribution in [0.4, 0.5) is 11.4 Å². The standard InChI is InChI=1S/C25H18Cl2N2O3/c26-20-11-6-17(15-21(20)27)22-12-13-23(32-22)25(31)29-19-9-7-18(8-10-19)28-24(30)14-16-4-2-1-3-5-16/h1-13,15H,14H2,(H,28,30)(H,29,31). The van der Waals surface area contributed by atoms with Gasteiger partial charge in [-0.2, -0.15) is 0 Å². The monoisotopic (exact) mass is 464 g/mol. The van der Waals surface area contributed by atoms with Crippen LogP contribution in [-0.4, -0.2) is 11.8 Å². The fourth-order valence-electron chi connectivity index (χ4n) is 3.08. The fourth-order valence-corrected chi connectivity index (χ4v) is 3.38. The average molecular weight is 465 g/mol. The topological polar surface area (TPSA) is 71.3 Å². The molecule has 1 aromatic heterocycles. The summed E-state index contributed by atoms with van der Waals surface area (Å²) >= 11 is 12.0. The van der Waals surface area contributed by atoms with Crippen molar-refractivity contribution < 1.29 is 14.0 Å². The number of benzene rings is 3. The minimum atomic E-state index is -0.392. The van der Waals surface area contributed by atoms with Gasteiger partial charge < -0.3 is 15.1 Å². The molecule has 7 heteroatoms. The van der Waals surface area contributed by atoms with Crippen molar-refractivity contribution in [2.24, 2.45) is 0 Å². The molecule has 0 aliphatic carbocycles. The summed E-state index contributed by atoms with van der Waals surface area (Å²) in [5, 5.41) is 6.46. The lowest BCUT2D eigenvalue weighted by molar-refractivity contribution is -0.115. The van der Waals surface area contributed by atoms with Crippen LogP contribution in [0.1, 0.15) is 16.1 Å². The third-order valence-electron chi connectivity index (χ3n) is 4.67. The molecule has 1 heterocycles. The van der Waals surface area contributed by atoms with Crippen molar-refractivity contribution in [2.75, 3.05) is 10.6 Å². The van der Waals surface area contributed by atoms with Crippen molar-refractivity contribution in [1.82, 2.24) is 0 Å². The molecule has 0 fully saturated rings. The van der Waals surface area contributed by atoms with Crippen molar-refractivity contribution in [2.45, 2.75) is 6.42 Å². The maximum Gasteiger partial charge on any atom is 0.291 e. The minimum absolute atomic E-state index is 0.113. The minimum Gasteiger partial charge on any atom is -0.451 e. The van der Waals surface area contributed by atoms with Crippen LogP contribution in [0.25, 0.3) is 11.3 Å². The molecule has 32 heavy (non-hydrogen) atoms. The van der Waals surface area contributed by atoms with E-state index in [1.807, 2.05) is 30.3 Å². The van der Waals surface area contributed by atoms with Gasteiger partial charge in [0.1, 0.15) is 5.76 Å². The molecule has 3 aromatic carbocycles. The molecular weight excluding hydrogens is 447 g/mol. The third kappa shape index (κ3) is 5.38. The highest BCUT2D eigenvalue weighted by molar-refractivity contribution is 6.42. The van der Waals surface area contributed by atoms with Crippen LogP contribution >= 0.6 is 23.2 Å². The second-order valence-electron chi connectivity index (χ2n) is 7.03. The molecule has 2 amide bonds. The number of hydrogen-bond donors (Lipinski definition) is 2. The molecule has 0 spiro atoms. The number of carbonyl (C=O) groups excluding carboxylic acids is 2. The fraction of sp³-hybridized carbons (Fsp3) is 0.0400. The molecule has 0 bridgehead atoms. The van der Waals surface area contributed by atoms with Crippen LogP contribution < -0.4 is 10.6 Å². The lowest BCUT2D eigenvalue weighted by Gasteiger charge is -2.07. The lowest BCUT2D eigenvalue weighted by atomic mass is 10.1. The normalized spacial score (nSPS) is 10.6. The molecule has 0 saturated carbocycles. The van der Waals surface area contributed by atoms with Gasteiger partial charge in [-0.05, 0) is 60.2 Å². The summed E-state index contributed by atoms with van der Waals surface area (Å²) in [7, 11) is 0. The molecule has 0 atom stereocenters. The van der Waals surface area contributed by atoms with Crippen LogP contribution in [0, 0.1) is 0 Å². The lowest BCUT2D eigenvalue weighted by Crippen LogP contribution is -2.14. The van der Waals surface area contributed by atoms with Crippen molar-refractivity contribution in [3.8, 4) is 11.3 Å². The predicted molar refractivity (Wildman–Crippen MR) is 127 cm³/mol. The second kappa shape index (κ2) is 9.73. The maximum absolute atomic E-state index is 12.5. The van der Waals surface area contributed by atoms with E-state index in [-0.39, 0.29) is 11.7 Å². The summed E-state index contributed by atoms with van der Waals surface area (Å²) in [6.07, 6.45) is 0.291. The van der Waals surface area contributed by atoms with E-state index < -0.39 is 5.91 Å². The number of amides is 2.